The fraction of sp³-hybridized carbons (Fsp3) is 0.333. The van der Waals surface area contributed by atoms with Gasteiger partial charge in [0.05, 0.1) is 0 Å². The molecule has 1 aliphatic carbocycles. The molecule has 2 aromatic rings. The third-order valence-corrected chi connectivity index (χ3v) is 7.15. The van der Waals surface area contributed by atoms with Crippen molar-refractivity contribution in [3.8, 4) is 0 Å². The average molecular weight is 452 g/mol. The summed E-state index contributed by atoms with van der Waals surface area (Å²) in [5.74, 6) is 0. The Kier molecular flexibility index (Phi) is 9.10. The second-order valence-corrected chi connectivity index (χ2v) is 10.7. The van der Waals surface area contributed by atoms with Crippen molar-refractivity contribution in [1.29, 1.82) is 0 Å². The van der Waals surface area contributed by atoms with Gasteiger partial charge in [0.2, 0.25) is 0 Å². The van der Waals surface area contributed by atoms with Crippen LogP contribution < -0.4 is 3.80 Å². The van der Waals surface area contributed by atoms with Crippen LogP contribution in [0.15, 0.2) is 54.1 Å². The SMILES string of the molecule is CC1=CCC(c2ccccc2[C](C)(C)[Ti][NH]c2c(C)cc(C)cc2C)=C1.Cl.Cl. The summed E-state index contributed by atoms with van der Waals surface area (Å²) in [6.45, 7) is 13.6. The number of rotatable bonds is 5. The van der Waals surface area contributed by atoms with E-state index in [1.807, 2.05) is 0 Å². The fourth-order valence-electron chi connectivity index (χ4n) is 3.82. The van der Waals surface area contributed by atoms with Crippen LogP contribution in [-0.2, 0) is 23.1 Å². The Labute approximate surface area is 192 Å². The number of allylic oxidation sites excluding steroid dienone is 4. The van der Waals surface area contributed by atoms with Gasteiger partial charge in [0.1, 0.15) is 0 Å². The van der Waals surface area contributed by atoms with Crippen molar-refractivity contribution in [2.24, 2.45) is 0 Å². The maximum atomic E-state index is 3.87. The van der Waals surface area contributed by atoms with Crippen LogP contribution in [0.25, 0.3) is 5.57 Å². The van der Waals surface area contributed by atoms with Crippen LogP contribution in [0.5, 0.6) is 0 Å². The van der Waals surface area contributed by atoms with Crippen LogP contribution in [0.4, 0.5) is 5.69 Å². The molecule has 28 heavy (non-hydrogen) atoms. The number of hydrogen-bond acceptors (Lipinski definition) is 1. The number of nitrogens with one attached hydrogen (secondary N) is 1. The first kappa shape index (κ1) is 25.1. The van der Waals surface area contributed by atoms with Gasteiger partial charge in [0.25, 0.3) is 0 Å². The summed E-state index contributed by atoms with van der Waals surface area (Å²) in [5, 5.41) is 0. The summed E-state index contributed by atoms with van der Waals surface area (Å²) in [5.41, 5.74) is 11.1. The number of halogens is 2. The summed E-state index contributed by atoms with van der Waals surface area (Å²) in [6.07, 6.45) is 5.73. The Hall–Kier alpha value is -0.986. The summed E-state index contributed by atoms with van der Waals surface area (Å²) in [6, 6.07) is 13.5. The number of benzene rings is 2. The summed E-state index contributed by atoms with van der Waals surface area (Å²) in [7, 11) is 0. The third kappa shape index (κ3) is 5.54. The van der Waals surface area contributed by atoms with Crippen molar-refractivity contribution in [1.82, 2.24) is 0 Å². The van der Waals surface area contributed by atoms with Gasteiger partial charge in [-0.05, 0) is 0 Å². The van der Waals surface area contributed by atoms with Crippen molar-refractivity contribution in [2.45, 2.75) is 51.7 Å². The number of anilines is 1. The first-order chi connectivity index (χ1) is 12.3. The normalized spacial score (nSPS) is 13.1. The maximum absolute atomic E-state index is 3.87. The third-order valence-electron chi connectivity index (χ3n) is 5.17. The minimum atomic E-state index is -0.420. The standard InChI is InChI=1S/C15H17.C9H12N.2ClH.Ti/c1-11(2)14-6-4-5-7-15(14)13-9-8-12(3)10-13;1-6-4-7(2)9(10)8(3)5-6;;;/h4-8,10H,9H2,1-3H3;4-5,10H,1-3H3;2*1H;/q;-1;;;+1. The first-order valence-electron chi connectivity index (χ1n) is 9.36. The van der Waals surface area contributed by atoms with Crippen molar-refractivity contribution in [2.75, 3.05) is 3.80 Å². The van der Waals surface area contributed by atoms with Crippen molar-refractivity contribution in [3.63, 3.8) is 0 Å². The van der Waals surface area contributed by atoms with Crippen LogP contribution in [-0.4, -0.2) is 0 Å². The van der Waals surface area contributed by atoms with Gasteiger partial charge in [-0.25, -0.2) is 0 Å². The van der Waals surface area contributed by atoms with Crippen LogP contribution in [0, 0.1) is 20.8 Å². The zero-order valence-corrected chi connectivity index (χ0v) is 20.8. The average Bonchev–Trinajstić information content (AvgIpc) is 3.00. The molecular formula is C24H31Cl2NTi. The predicted octanol–water partition coefficient (Wildman–Crippen LogP) is 7.53. The molecule has 0 saturated carbocycles. The molecule has 0 heterocycles. The maximum Gasteiger partial charge on any atom is -0.147 e. The molecule has 0 fully saturated rings. The second-order valence-electron chi connectivity index (χ2n) is 8.02. The molecule has 0 unspecified atom stereocenters. The molecule has 0 radical (unpaired) electrons. The molecule has 150 valence electrons. The van der Waals surface area contributed by atoms with Crippen LogP contribution in [0.1, 0.15) is 55.0 Å². The molecule has 0 amide bonds. The molecule has 0 aliphatic heterocycles. The van der Waals surface area contributed by atoms with Crippen molar-refractivity contribution < 1.29 is 19.4 Å². The molecule has 0 spiro atoms. The molecule has 1 nitrogen and oxygen atoms in total. The fourth-order valence-corrected chi connectivity index (χ4v) is 5.67. The molecule has 4 heteroatoms. The molecule has 3 rings (SSSR count). The summed E-state index contributed by atoms with van der Waals surface area (Å²) >= 11 is -0.420. The largest absolute Gasteiger partial charge is 0.147 e. The van der Waals surface area contributed by atoms with Gasteiger partial charge in [0, 0.05) is 0 Å². The van der Waals surface area contributed by atoms with Gasteiger partial charge in [-0.3, -0.25) is 0 Å². The van der Waals surface area contributed by atoms with Crippen LogP contribution in [0.3, 0.4) is 0 Å². The zero-order chi connectivity index (χ0) is 18.9. The van der Waals surface area contributed by atoms with E-state index in [1.165, 1.54) is 44.7 Å². The van der Waals surface area contributed by atoms with E-state index in [2.05, 4.69) is 93.9 Å². The van der Waals surface area contributed by atoms with E-state index in [9.17, 15) is 0 Å². The Morgan fingerprint density at radius 2 is 1.54 bits per heavy atom. The van der Waals surface area contributed by atoms with Crippen molar-refractivity contribution >= 4 is 36.1 Å². The predicted molar refractivity (Wildman–Crippen MR) is 125 cm³/mol. The number of hydrogen-bond donors (Lipinski definition) is 1. The van der Waals surface area contributed by atoms with Gasteiger partial charge in [-0.15, -0.1) is 24.8 Å². The first-order valence-corrected chi connectivity index (χ1v) is 10.9. The molecule has 1 aliphatic rings. The second kappa shape index (κ2) is 10.2. The van der Waals surface area contributed by atoms with Crippen molar-refractivity contribution in [3.05, 3.63) is 81.9 Å². The molecule has 0 aromatic heterocycles. The van der Waals surface area contributed by atoms with E-state index in [-0.39, 0.29) is 28.5 Å². The van der Waals surface area contributed by atoms with E-state index < -0.39 is 19.4 Å². The van der Waals surface area contributed by atoms with Gasteiger partial charge in [-0.1, -0.05) is 0 Å². The topological polar surface area (TPSA) is 12.0 Å². The quantitative estimate of drug-likeness (QED) is 0.463. The minimum Gasteiger partial charge on any atom is -0.147 e. The molecular weight excluding hydrogens is 421 g/mol. The molecule has 2 aromatic carbocycles. The Balaban J connectivity index is 0.00000196. The van der Waals surface area contributed by atoms with E-state index in [1.54, 1.807) is 0 Å². The van der Waals surface area contributed by atoms with Gasteiger partial charge in [-0.2, -0.15) is 0 Å². The van der Waals surface area contributed by atoms with E-state index >= 15 is 0 Å². The molecule has 0 bridgehead atoms. The smallest absolute Gasteiger partial charge is 0.147 e. The minimum absolute atomic E-state index is 0. The summed E-state index contributed by atoms with van der Waals surface area (Å²) < 4.78 is 4.03. The van der Waals surface area contributed by atoms with E-state index in [0.717, 1.165) is 6.42 Å². The Morgan fingerprint density at radius 3 is 2.11 bits per heavy atom. The van der Waals surface area contributed by atoms with E-state index in [4.69, 9.17) is 0 Å². The Morgan fingerprint density at radius 1 is 0.929 bits per heavy atom. The molecule has 0 saturated heterocycles. The van der Waals surface area contributed by atoms with Crippen LogP contribution in [0.2, 0.25) is 0 Å². The van der Waals surface area contributed by atoms with Gasteiger partial charge in [0.15, 0.2) is 0 Å². The molecule has 0 atom stereocenters. The Bertz CT molecular complexity index is 874. The van der Waals surface area contributed by atoms with Gasteiger partial charge < -0.3 is 0 Å². The zero-order valence-electron chi connectivity index (χ0n) is 17.6. The van der Waals surface area contributed by atoms with Crippen LogP contribution >= 0.6 is 24.8 Å². The monoisotopic (exact) mass is 451 g/mol. The van der Waals surface area contributed by atoms with E-state index in [0.29, 0.717) is 0 Å². The summed E-state index contributed by atoms with van der Waals surface area (Å²) in [4.78, 5) is 0. The van der Waals surface area contributed by atoms with Gasteiger partial charge >= 0.3 is 168 Å². The number of aryl methyl sites for hydroxylation is 3. The molecule has 1 N–H and O–H groups in total.